The molecular formula is C6H9ClN2O2S2. The maximum atomic E-state index is 11.1. The molecule has 0 radical (unpaired) electrons. The van der Waals surface area contributed by atoms with Gasteiger partial charge in [0, 0.05) is 5.75 Å². The van der Waals surface area contributed by atoms with Crippen molar-refractivity contribution in [2.45, 2.75) is 12.0 Å². The highest BCUT2D eigenvalue weighted by Crippen LogP contribution is 2.27. The van der Waals surface area contributed by atoms with Crippen LogP contribution in [0.3, 0.4) is 0 Å². The summed E-state index contributed by atoms with van der Waals surface area (Å²) in [6.45, 7) is 0. The van der Waals surface area contributed by atoms with Gasteiger partial charge in [-0.15, -0.1) is 11.6 Å². The van der Waals surface area contributed by atoms with Crippen LogP contribution < -0.4 is 4.72 Å². The SMILES string of the molecule is N#CC1(NS(=O)(=O)CCl)CCSC1. The van der Waals surface area contributed by atoms with Gasteiger partial charge in [0.15, 0.2) is 0 Å². The lowest BCUT2D eigenvalue weighted by molar-refractivity contribution is 0.518. The highest BCUT2D eigenvalue weighted by molar-refractivity contribution is 7.99. The fourth-order valence-electron chi connectivity index (χ4n) is 1.08. The zero-order valence-electron chi connectivity index (χ0n) is 6.79. The van der Waals surface area contributed by atoms with Gasteiger partial charge >= 0.3 is 0 Å². The van der Waals surface area contributed by atoms with Crippen molar-refractivity contribution in [3.05, 3.63) is 0 Å². The van der Waals surface area contributed by atoms with Crippen LogP contribution in [0.4, 0.5) is 0 Å². The van der Waals surface area contributed by atoms with Crippen molar-refractivity contribution in [3.63, 3.8) is 0 Å². The molecule has 1 unspecified atom stereocenters. The summed E-state index contributed by atoms with van der Waals surface area (Å²) >= 11 is 6.79. The highest BCUT2D eigenvalue weighted by atomic mass is 35.5. The van der Waals surface area contributed by atoms with E-state index in [0.717, 1.165) is 5.75 Å². The van der Waals surface area contributed by atoms with Gasteiger partial charge in [-0.2, -0.15) is 21.7 Å². The zero-order chi connectivity index (χ0) is 9.95. The third-order valence-electron chi connectivity index (χ3n) is 1.73. The predicted octanol–water partition coefficient (Wildman–Crippen LogP) is 0.501. The topological polar surface area (TPSA) is 70.0 Å². The van der Waals surface area contributed by atoms with E-state index in [9.17, 15) is 8.42 Å². The second-order valence-electron chi connectivity index (χ2n) is 2.82. The first-order chi connectivity index (χ1) is 6.04. The smallest absolute Gasteiger partial charge is 0.211 e. The van der Waals surface area contributed by atoms with Crippen LogP contribution >= 0.6 is 23.4 Å². The molecule has 1 rings (SSSR count). The number of thioether (sulfide) groups is 1. The average molecular weight is 241 g/mol. The van der Waals surface area contributed by atoms with E-state index in [4.69, 9.17) is 16.9 Å². The lowest BCUT2D eigenvalue weighted by atomic mass is 10.0. The van der Waals surface area contributed by atoms with Gasteiger partial charge in [0.05, 0.1) is 6.07 Å². The van der Waals surface area contributed by atoms with E-state index >= 15 is 0 Å². The van der Waals surface area contributed by atoms with Gasteiger partial charge < -0.3 is 0 Å². The van der Waals surface area contributed by atoms with E-state index in [1.54, 1.807) is 11.8 Å². The molecule has 0 spiro atoms. The molecular weight excluding hydrogens is 232 g/mol. The number of rotatable bonds is 3. The van der Waals surface area contributed by atoms with Crippen LogP contribution in [0.25, 0.3) is 0 Å². The molecule has 0 saturated carbocycles. The Kier molecular flexibility index (Phi) is 3.46. The summed E-state index contributed by atoms with van der Waals surface area (Å²) < 4.78 is 24.6. The molecule has 1 fully saturated rings. The van der Waals surface area contributed by atoms with Crippen molar-refractivity contribution in [1.29, 1.82) is 5.26 Å². The number of nitrogens with one attached hydrogen (secondary N) is 1. The fourth-order valence-corrected chi connectivity index (χ4v) is 3.47. The summed E-state index contributed by atoms with van der Waals surface area (Å²) in [6.07, 6.45) is 0.546. The molecule has 1 heterocycles. The lowest BCUT2D eigenvalue weighted by Gasteiger charge is -2.19. The maximum Gasteiger partial charge on any atom is 0.227 e. The highest BCUT2D eigenvalue weighted by Gasteiger charge is 2.37. The van der Waals surface area contributed by atoms with E-state index in [1.165, 1.54) is 0 Å². The minimum Gasteiger partial charge on any atom is -0.211 e. The monoisotopic (exact) mass is 240 g/mol. The summed E-state index contributed by atoms with van der Waals surface area (Å²) in [5.41, 5.74) is -0.932. The van der Waals surface area contributed by atoms with Gasteiger partial charge in [-0.25, -0.2) is 8.42 Å². The average Bonchev–Trinajstić information content (AvgIpc) is 2.53. The standard InChI is InChI=1S/C6H9ClN2O2S2/c7-5-13(10,11)9-6(3-8)1-2-12-4-6/h9H,1-2,4-5H2. The Labute approximate surface area is 86.7 Å². The molecule has 13 heavy (non-hydrogen) atoms. The number of hydrogen-bond acceptors (Lipinski definition) is 4. The second-order valence-corrected chi connectivity index (χ2v) is 6.23. The molecule has 0 amide bonds. The van der Waals surface area contributed by atoms with Crippen LogP contribution in [0.5, 0.6) is 0 Å². The first-order valence-corrected chi connectivity index (χ1v) is 6.94. The molecule has 1 N–H and O–H groups in total. The van der Waals surface area contributed by atoms with Crippen molar-refractivity contribution in [1.82, 2.24) is 4.72 Å². The van der Waals surface area contributed by atoms with E-state index in [-0.39, 0.29) is 0 Å². The first kappa shape index (κ1) is 11.1. The van der Waals surface area contributed by atoms with Crippen LogP contribution in [0.15, 0.2) is 0 Å². The van der Waals surface area contributed by atoms with E-state index < -0.39 is 20.8 Å². The molecule has 0 bridgehead atoms. The summed E-state index contributed by atoms with van der Waals surface area (Å²) in [7, 11) is -3.49. The maximum absolute atomic E-state index is 11.1. The van der Waals surface area contributed by atoms with Gasteiger partial charge in [-0.3, -0.25) is 0 Å². The van der Waals surface area contributed by atoms with E-state index in [2.05, 4.69) is 4.72 Å². The number of halogens is 1. The van der Waals surface area contributed by atoms with Gasteiger partial charge in [0.25, 0.3) is 0 Å². The Morgan fingerprint density at radius 2 is 2.38 bits per heavy atom. The minimum atomic E-state index is -3.49. The molecule has 4 nitrogen and oxygen atoms in total. The molecule has 74 valence electrons. The normalized spacial score (nSPS) is 28.6. The molecule has 0 aliphatic carbocycles. The Balaban J connectivity index is 2.77. The number of alkyl halides is 1. The van der Waals surface area contributed by atoms with Crippen molar-refractivity contribution >= 4 is 33.4 Å². The predicted molar refractivity (Wildman–Crippen MR) is 53.1 cm³/mol. The Morgan fingerprint density at radius 1 is 1.69 bits per heavy atom. The molecule has 0 aromatic rings. The van der Waals surface area contributed by atoms with Gasteiger partial charge in [0.2, 0.25) is 10.0 Å². The molecule has 0 aromatic carbocycles. The largest absolute Gasteiger partial charge is 0.227 e. The fraction of sp³-hybridized carbons (Fsp3) is 0.833. The van der Waals surface area contributed by atoms with Crippen molar-refractivity contribution in [2.75, 3.05) is 16.7 Å². The third-order valence-corrected chi connectivity index (χ3v) is 4.77. The quantitative estimate of drug-likeness (QED) is 0.730. The van der Waals surface area contributed by atoms with E-state index in [1.807, 2.05) is 6.07 Å². The van der Waals surface area contributed by atoms with Crippen molar-refractivity contribution in [2.24, 2.45) is 0 Å². The number of nitriles is 1. The summed E-state index contributed by atoms with van der Waals surface area (Å²) in [5, 5.41) is 8.34. The van der Waals surface area contributed by atoms with Gasteiger partial charge in [-0.1, -0.05) is 0 Å². The van der Waals surface area contributed by atoms with Crippen LogP contribution in [-0.2, 0) is 10.0 Å². The van der Waals surface area contributed by atoms with Crippen LogP contribution in [-0.4, -0.2) is 30.7 Å². The number of sulfonamides is 1. The zero-order valence-corrected chi connectivity index (χ0v) is 9.18. The van der Waals surface area contributed by atoms with Crippen LogP contribution in [0.2, 0.25) is 0 Å². The summed E-state index contributed by atoms with van der Waals surface area (Å²) in [5.74, 6) is 1.30. The van der Waals surface area contributed by atoms with Crippen LogP contribution in [0, 0.1) is 11.3 Å². The Morgan fingerprint density at radius 3 is 2.77 bits per heavy atom. The van der Waals surface area contributed by atoms with Crippen molar-refractivity contribution < 1.29 is 8.42 Å². The molecule has 1 saturated heterocycles. The number of hydrogen-bond donors (Lipinski definition) is 1. The van der Waals surface area contributed by atoms with E-state index in [0.29, 0.717) is 12.2 Å². The number of nitrogens with zero attached hydrogens (tertiary/aromatic N) is 1. The Bertz CT molecular complexity index is 316. The lowest BCUT2D eigenvalue weighted by Crippen LogP contribution is -2.47. The molecule has 1 aliphatic rings. The molecule has 1 atom stereocenters. The van der Waals surface area contributed by atoms with Crippen molar-refractivity contribution in [3.8, 4) is 6.07 Å². The van der Waals surface area contributed by atoms with Gasteiger partial charge in [-0.05, 0) is 12.2 Å². The molecule has 1 aliphatic heterocycles. The first-order valence-electron chi connectivity index (χ1n) is 3.60. The second kappa shape index (κ2) is 4.05. The molecule has 0 aromatic heterocycles. The third kappa shape index (κ3) is 2.74. The molecule has 7 heteroatoms. The minimum absolute atomic E-state index is 0.499. The van der Waals surface area contributed by atoms with Crippen LogP contribution in [0.1, 0.15) is 6.42 Å². The Hall–Kier alpha value is 0.0400. The summed E-state index contributed by atoms with van der Waals surface area (Å²) in [4.78, 5) is 0. The summed E-state index contributed by atoms with van der Waals surface area (Å²) in [6, 6.07) is 2.00. The van der Waals surface area contributed by atoms with Gasteiger partial charge in [0.1, 0.15) is 10.8 Å².